The number of nitrogens with zero attached hydrogens (tertiary/aromatic N) is 1. The highest BCUT2D eigenvalue weighted by Crippen LogP contribution is 2.10. The molecule has 13 nitrogen and oxygen atoms in total. The third kappa shape index (κ3) is 10.8. The number of hydrogen-bond acceptors (Lipinski definition) is 7. The summed E-state index contributed by atoms with van der Waals surface area (Å²) in [7, 11) is 0. The second kappa shape index (κ2) is 15.1. The molecule has 0 aliphatic heterocycles. The van der Waals surface area contributed by atoms with E-state index in [4.69, 9.17) is 17.2 Å². The number of nitrogens with two attached hydrogens (primary N) is 3. The van der Waals surface area contributed by atoms with Crippen LogP contribution in [0.15, 0.2) is 4.99 Å². The van der Waals surface area contributed by atoms with E-state index in [0.717, 1.165) is 0 Å². The molecule has 0 aromatic rings. The lowest BCUT2D eigenvalue weighted by atomic mass is 9.98. The van der Waals surface area contributed by atoms with Gasteiger partial charge in [0.15, 0.2) is 5.96 Å². The highest BCUT2D eigenvalue weighted by atomic mass is 16.4. The topological polar surface area (TPSA) is 235 Å². The van der Waals surface area contributed by atoms with Gasteiger partial charge in [0, 0.05) is 6.54 Å². The molecule has 0 saturated heterocycles. The summed E-state index contributed by atoms with van der Waals surface area (Å²) in [6.45, 7) is 8.42. The molecule has 0 rings (SSSR count). The fourth-order valence-corrected chi connectivity index (χ4v) is 2.97. The van der Waals surface area contributed by atoms with Gasteiger partial charge in [-0.2, -0.15) is 0 Å². The normalized spacial score (nSPS) is 16.4. The summed E-state index contributed by atoms with van der Waals surface area (Å²) in [6.07, 6.45) is -0.168. The second-order valence-corrected chi connectivity index (χ2v) is 8.72. The van der Waals surface area contributed by atoms with Crippen LogP contribution >= 0.6 is 0 Å². The van der Waals surface area contributed by atoms with Crippen molar-refractivity contribution in [3.63, 3.8) is 0 Å². The standard InChI is InChI=1S/C21H41N7O6/c1-6-11(4)16(20(33)34)28-17(30)13(8-7-9-25-21(23)24)26-19(32)15(10(2)3)27-18(31)14(22)12(5)29/h10-16,29H,6-9,22H2,1-5H3,(H,26,32)(H,27,31)(H,28,30)(H,33,34)(H4,23,24,25). The Bertz CT molecular complexity index is 724. The van der Waals surface area contributed by atoms with Crippen LogP contribution in [0.1, 0.15) is 53.9 Å². The van der Waals surface area contributed by atoms with Crippen molar-refractivity contribution in [1.82, 2.24) is 16.0 Å². The van der Waals surface area contributed by atoms with E-state index >= 15 is 0 Å². The number of aliphatic carboxylic acids is 1. The molecule has 6 atom stereocenters. The van der Waals surface area contributed by atoms with Gasteiger partial charge in [-0.1, -0.05) is 34.1 Å². The lowest BCUT2D eigenvalue weighted by Crippen LogP contribution is -2.59. The molecule has 0 saturated carbocycles. The average molecular weight is 488 g/mol. The predicted molar refractivity (Wildman–Crippen MR) is 127 cm³/mol. The minimum Gasteiger partial charge on any atom is -0.480 e. The van der Waals surface area contributed by atoms with Crippen LogP contribution in [0.25, 0.3) is 0 Å². The molecule has 0 radical (unpaired) electrons. The van der Waals surface area contributed by atoms with Gasteiger partial charge < -0.3 is 43.4 Å². The van der Waals surface area contributed by atoms with Crippen molar-refractivity contribution in [3.05, 3.63) is 0 Å². The lowest BCUT2D eigenvalue weighted by molar-refractivity contribution is -0.144. The Morgan fingerprint density at radius 2 is 1.47 bits per heavy atom. The Kier molecular flexibility index (Phi) is 13.8. The number of rotatable bonds is 15. The van der Waals surface area contributed by atoms with Crippen molar-refractivity contribution in [2.75, 3.05) is 6.54 Å². The summed E-state index contributed by atoms with van der Waals surface area (Å²) in [5.74, 6) is -4.08. The van der Waals surface area contributed by atoms with Crippen molar-refractivity contribution in [1.29, 1.82) is 0 Å². The monoisotopic (exact) mass is 487 g/mol. The first-order chi connectivity index (χ1) is 15.7. The number of guanidine groups is 1. The summed E-state index contributed by atoms with van der Waals surface area (Å²) in [5, 5.41) is 26.6. The summed E-state index contributed by atoms with van der Waals surface area (Å²) in [5.41, 5.74) is 16.3. The van der Waals surface area contributed by atoms with Gasteiger partial charge in [0.1, 0.15) is 24.2 Å². The van der Waals surface area contributed by atoms with Crippen molar-refractivity contribution in [3.8, 4) is 0 Å². The Hall–Kier alpha value is -2.93. The van der Waals surface area contributed by atoms with Crippen LogP contribution in [-0.2, 0) is 19.2 Å². The SMILES string of the molecule is CCC(C)C(NC(=O)C(CCCN=C(N)N)NC(=O)C(NC(=O)C(N)C(C)O)C(C)C)C(=O)O. The Balaban J connectivity index is 5.62. The molecule has 6 unspecified atom stereocenters. The average Bonchev–Trinajstić information content (AvgIpc) is 2.75. The van der Waals surface area contributed by atoms with Crippen LogP contribution in [0, 0.1) is 11.8 Å². The van der Waals surface area contributed by atoms with Crippen molar-refractivity contribution < 1.29 is 29.4 Å². The van der Waals surface area contributed by atoms with E-state index in [0.29, 0.717) is 12.8 Å². The van der Waals surface area contributed by atoms with Crippen LogP contribution in [0.2, 0.25) is 0 Å². The molecular formula is C21H41N7O6. The first kappa shape index (κ1) is 31.1. The van der Waals surface area contributed by atoms with Crippen LogP contribution in [-0.4, -0.2) is 76.7 Å². The molecular weight excluding hydrogens is 446 g/mol. The van der Waals surface area contributed by atoms with Crippen LogP contribution in [0.4, 0.5) is 0 Å². The highest BCUT2D eigenvalue weighted by molar-refractivity contribution is 5.94. The number of carboxylic acids is 1. The largest absolute Gasteiger partial charge is 0.480 e. The van der Waals surface area contributed by atoms with E-state index in [1.165, 1.54) is 6.92 Å². The molecule has 0 aliphatic carbocycles. The molecule has 0 heterocycles. The molecule has 13 heteroatoms. The molecule has 196 valence electrons. The molecule has 0 aliphatic rings. The number of nitrogens with one attached hydrogen (secondary N) is 3. The minimum atomic E-state index is -1.24. The van der Waals surface area contributed by atoms with Gasteiger partial charge in [-0.15, -0.1) is 0 Å². The number of carbonyl (C=O) groups is 4. The fraction of sp³-hybridized carbons (Fsp3) is 0.762. The molecule has 11 N–H and O–H groups in total. The van der Waals surface area contributed by atoms with Gasteiger partial charge in [-0.05, 0) is 31.6 Å². The van der Waals surface area contributed by atoms with Crippen molar-refractivity contribution >= 4 is 29.7 Å². The Labute approximate surface area is 200 Å². The maximum absolute atomic E-state index is 13.0. The molecule has 0 fully saturated rings. The molecule has 34 heavy (non-hydrogen) atoms. The van der Waals surface area contributed by atoms with E-state index in [1.807, 2.05) is 0 Å². The first-order valence-corrected chi connectivity index (χ1v) is 11.4. The number of hydrogen-bond donors (Lipinski definition) is 8. The number of carboxylic acid groups (broad SMARTS) is 1. The van der Waals surface area contributed by atoms with Gasteiger partial charge in [0.2, 0.25) is 17.7 Å². The van der Waals surface area contributed by atoms with Crippen LogP contribution in [0.5, 0.6) is 0 Å². The fourth-order valence-electron chi connectivity index (χ4n) is 2.97. The first-order valence-electron chi connectivity index (χ1n) is 11.4. The maximum Gasteiger partial charge on any atom is 0.326 e. The summed E-state index contributed by atoms with van der Waals surface area (Å²) in [4.78, 5) is 53.7. The number of amides is 3. The molecule has 0 bridgehead atoms. The third-order valence-corrected chi connectivity index (χ3v) is 5.42. The van der Waals surface area contributed by atoms with Crippen molar-refractivity contribution in [2.24, 2.45) is 34.0 Å². The van der Waals surface area contributed by atoms with Gasteiger partial charge in [-0.3, -0.25) is 19.4 Å². The number of carbonyl (C=O) groups excluding carboxylic acids is 3. The quantitative estimate of drug-likeness (QED) is 0.0722. The van der Waals surface area contributed by atoms with E-state index < -0.39 is 54.0 Å². The van der Waals surface area contributed by atoms with E-state index in [2.05, 4.69) is 20.9 Å². The summed E-state index contributed by atoms with van der Waals surface area (Å²) in [6, 6.07) is -4.52. The molecule has 0 aromatic carbocycles. The molecule has 3 amide bonds. The number of aliphatic imine (C=N–C) groups is 1. The van der Waals surface area contributed by atoms with Crippen LogP contribution in [0.3, 0.4) is 0 Å². The van der Waals surface area contributed by atoms with Gasteiger partial charge in [0.25, 0.3) is 0 Å². The third-order valence-electron chi connectivity index (χ3n) is 5.42. The predicted octanol–water partition coefficient (Wildman–Crippen LogP) is -2.01. The lowest BCUT2D eigenvalue weighted by Gasteiger charge is -2.28. The second-order valence-electron chi connectivity index (χ2n) is 8.72. The smallest absolute Gasteiger partial charge is 0.326 e. The summed E-state index contributed by atoms with van der Waals surface area (Å²) >= 11 is 0. The van der Waals surface area contributed by atoms with Gasteiger partial charge >= 0.3 is 5.97 Å². The van der Waals surface area contributed by atoms with Gasteiger partial charge in [0.05, 0.1) is 6.10 Å². The Morgan fingerprint density at radius 3 is 1.91 bits per heavy atom. The highest BCUT2D eigenvalue weighted by Gasteiger charge is 2.33. The molecule has 0 spiro atoms. The van der Waals surface area contributed by atoms with E-state index in [9.17, 15) is 29.4 Å². The summed E-state index contributed by atoms with van der Waals surface area (Å²) < 4.78 is 0. The van der Waals surface area contributed by atoms with E-state index in [1.54, 1.807) is 27.7 Å². The Morgan fingerprint density at radius 1 is 0.912 bits per heavy atom. The van der Waals surface area contributed by atoms with Crippen LogP contribution < -0.4 is 33.2 Å². The van der Waals surface area contributed by atoms with E-state index in [-0.39, 0.29) is 30.8 Å². The van der Waals surface area contributed by atoms with Crippen molar-refractivity contribution in [2.45, 2.75) is 84.2 Å². The number of aliphatic hydroxyl groups excluding tert-OH is 1. The number of aliphatic hydroxyl groups is 1. The zero-order chi connectivity index (χ0) is 26.6. The van der Waals surface area contributed by atoms with Gasteiger partial charge in [-0.25, -0.2) is 4.79 Å². The minimum absolute atomic E-state index is 0.118. The zero-order valence-electron chi connectivity index (χ0n) is 20.6. The maximum atomic E-state index is 13.0. The zero-order valence-corrected chi connectivity index (χ0v) is 20.6. The molecule has 0 aromatic heterocycles.